The Labute approximate surface area is 210 Å². The Morgan fingerprint density at radius 1 is 1.11 bits per heavy atom. The predicted molar refractivity (Wildman–Crippen MR) is 133 cm³/mol. The van der Waals surface area contributed by atoms with E-state index < -0.39 is 11.6 Å². The van der Waals surface area contributed by atoms with E-state index in [9.17, 15) is 14.4 Å². The molecule has 1 fully saturated rings. The van der Waals surface area contributed by atoms with Gasteiger partial charge < -0.3 is 14.4 Å². The second-order valence-electron chi connectivity index (χ2n) is 9.39. The molecule has 1 spiro atoms. The van der Waals surface area contributed by atoms with Crippen molar-refractivity contribution >= 4 is 23.4 Å². The van der Waals surface area contributed by atoms with Gasteiger partial charge in [0.1, 0.15) is 5.76 Å². The third kappa shape index (κ3) is 5.01. The first-order valence-corrected chi connectivity index (χ1v) is 11.9. The molecule has 8 nitrogen and oxygen atoms in total. The highest BCUT2D eigenvalue weighted by molar-refractivity contribution is 6.23. The second kappa shape index (κ2) is 10.3. The zero-order chi connectivity index (χ0) is 25.9. The number of amides is 1. The summed E-state index contributed by atoms with van der Waals surface area (Å²) in [6.45, 7) is 6.60. The largest absolute Gasteiger partial charge is 0.513 e. The fraction of sp³-hybridized carbons (Fsp3) is 0.393. The molecule has 4 rings (SSSR count). The van der Waals surface area contributed by atoms with Gasteiger partial charge in [0.2, 0.25) is 0 Å². The highest BCUT2D eigenvalue weighted by Gasteiger charge is 2.45. The van der Waals surface area contributed by atoms with Crippen molar-refractivity contribution in [1.29, 1.82) is 0 Å². The van der Waals surface area contributed by atoms with E-state index in [4.69, 9.17) is 9.47 Å². The van der Waals surface area contributed by atoms with Crippen LogP contribution in [0, 0.1) is 31.1 Å². The molecule has 8 heteroatoms. The van der Waals surface area contributed by atoms with Crippen molar-refractivity contribution in [1.82, 2.24) is 15.1 Å². The maximum atomic E-state index is 13.7. The molecule has 0 radical (unpaired) electrons. The number of nitrogens with zero attached hydrogens (tertiary/aromatic N) is 3. The van der Waals surface area contributed by atoms with E-state index >= 15 is 0 Å². The number of ketones is 1. The second-order valence-corrected chi connectivity index (χ2v) is 9.39. The Morgan fingerprint density at radius 2 is 1.81 bits per heavy atom. The molecule has 0 atom stereocenters. The normalized spacial score (nSPS) is 16.9. The molecular weight excluding hydrogens is 458 g/mol. The minimum absolute atomic E-state index is 0.0746. The summed E-state index contributed by atoms with van der Waals surface area (Å²) < 4.78 is 10.4. The summed E-state index contributed by atoms with van der Waals surface area (Å²) in [5.41, 5.74) is 3.74. The number of allylic oxidation sites excluding steroid dienone is 2. The molecule has 0 unspecified atom stereocenters. The van der Waals surface area contributed by atoms with Crippen LogP contribution in [0.25, 0.3) is 5.57 Å². The zero-order valence-corrected chi connectivity index (χ0v) is 21.0. The minimum Gasteiger partial charge on any atom is -0.437 e. The van der Waals surface area contributed by atoms with E-state index in [2.05, 4.69) is 22.0 Å². The van der Waals surface area contributed by atoms with Crippen molar-refractivity contribution in [3.8, 4) is 11.8 Å². The van der Waals surface area contributed by atoms with Gasteiger partial charge in [-0.05, 0) is 80.0 Å². The quantitative estimate of drug-likeness (QED) is 0.472. The lowest BCUT2D eigenvalue weighted by Gasteiger charge is -2.44. The maximum Gasteiger partial charge on any atom is 0.513 e. The summed E-state index contributed by atoms with van der Waals surface area (Å²) >= 11 is 0. The topological polar surface area (TPSA) is 98.7 Å². The number of aromatic nitrogens is 2. The van der Waals surface area contributed by atoms with Crippen LogP contribution in [0.4, 0.5) is 4.79 Å². The standard InChI is InChI=1S/C28H29N3O5/c1-5-7-20-14-18(2)24(19(3)15-20)25-22(32)16-28(17-23(25)36-27(34)35-4)9-12-31(13-10-28)26(33)21-8-6-11-29-30-21/h6,8,11,14-15H,9-10,12-13,16-17H2,1-4H3. The van der Waals surface area contributed by atoms with Crippen molar-refractivity contribution in [2.45, 2.75) is 46.5 Å². The fourth-order valence-electron chi connectivity index (χ4n) is 5.27. The van der Waals surface area contributed by atoms with Crippen molar-refractivity contribution < 1.29 is 23.9 Å². The number of methoxy groups -OCH3 is 1. The van der Waals surface area contributed by atoms with Gasteiger partial charge in [-0.15, -0.1) is 11.0 Å². The van der Waals surface area contributed by atoms with Crippen LogP contribution in [0.15, 0.2) is 36.2 Å². The molecule has 1 aliphatic heterocycles. The van der Waals surface area contributed by atoms with Crippen LogP contribution in [0.5, 0.6) is 0 Å². The molecule has 186 valence electrons. The number of carbonyl (C=O) groups excluding carboxylic acids is 3. The van der Waals surface area contributed by atoms with Gasteiger partial charge in [0, 0.05) is 37.7 Å². The molecule has 1 aliphatic carbocycles. The van der Waals surface area contributed by atoms with Gasteiger partial charge >= 0.3 is 6.16 Å². The van der Waals surface area contributed by atoms with Gasteiger partial charge in [0.05, 0.1) is 12.7 Å². The van der Waals surface area contributed by atoms with E-state index in [0.29, 0.717) is 55.8 Å². The van der Waals surface area contributed by atoms with Gasteiger partial charge in [-0.3, -0.25) is 9.59 Å². The van der Waals surface area contributed by atoms with Gasteiger partial charge in [0.25, 0.3) is 5.91 Å². The molecule has 2 aliphatic rings. The van der Waals surface area contributed by atoms with Crippen LogP contribution in [0.1, 0.15) is 65.3 Å². The first-order chi connectivity index (χ1) is 17.3. The van der Waals surface area contributed by atoms with Gasteiger partial charge in [-0.1, -0.05) is 5.92 Å². The monoisotopic (exact) mass is 487 g/mol. The highest BCUT2D eigenvalue weighted by atomic mass is 16.7. The molecule has 1 aromatic carbocycles. The number of aryl methyl sites for hydroxylation is 2. The van der Waals surface area contributed by atoms with Gasteiger partial charge in [-0.25, -0.2) is 4.79 Å². The van der Waals surface area contributed by atoms with Crippen LogP contribution in [0.3, 0.4) is 0 Å². The van der Waals surface area contributed by atoms with Crippen LogP contribution in [-0.4, -0.2) is 53.1 Å². The molecule has 2 heterocycles. The average molecular weight is 488 g/mol. The highest BCUT2D eigenvalue weighted by Crippen LogP contribution is 2.48. The van der Waals surface area contributed by atoms with E-state index in [1.165, 1.54) is 13.3 Å². The molecule has 0 saturated carbocycles. The van der Waals surface area contributed by atoms with E-state index in [0.717, 1.165) is 22.3 Å². The molecular formula is C28H29N3O5. The van der Waals surface area contributed by atoms with Crippen LogP contribution >= 0.6 is 0 Å². The predicted octanol–water partition coefficient (Wildman–Crippen LogP) is 4.24. The van der Waals surface area contributed by atoms with Crippen molar-refractivity contribution in [3.05, 3.63) is 64.2 Å². The number of carbonyl (C=O) groups is 3. The summed E-state index contributed by atoms with van der Waals surface area (Å²) in [4.78, 5) is 40.4. The van der Waals surface area contributed by atoms with E-state index in [1.807, 2.05) is 26.0 Å². The number of benzene rings is 1. The van der Waals surface area contributed by atoms with Crippen molar-refractivity contribution in [2.75, 3.05) is 20.2 Å². The van der Waals surface area contributed by atoms with Crippen molar-refractivity contribution in [3.63, 3.8) is 0 Å². The molecule has 1 aromatic heterocycles. The first-order valence-electron chi connectivity index (χ1n) is 11.9. The minimum atomic E-state index is -0.855. The Hall–Kier alpha value is -3.99. The number of likely N-dealkylation sites (tertiary alicyclic amines) is 1. The lowest BCUT2D eigenvalue weighted by molar-refractivity contribution is -0.117. The van der Waals surface area contributed by atoms with Crippen molar-refractivity contribution in [2.24, 2.45) is 5.41 Å². The Morgan fingerprint density at radius 3 is 2.39 bits per heavy atom. The molecule has 1 amide bonds. The molecule has 1 saturated heterocycles. The lowest BCUT2D eigenvalue weighted by atomic mass is 9.66. The van der Waals surface area contributed by atoms with E-state index in [1.54, 1.807) is 24.0 Å². The Kier molecular flexibility index (Phi) is 7.20. The molecule has 0 N–H and O–H groups in total. The summed E-state index contributed by atoms with van der Waals surface area (Å²) in [5.74, 6) is 6.03. The van der Waals surface area contributed by atoms with E-state index in [-0.39, 0.29) is 11.7 Å². The molecule has 36 heavy (non-hydrogen) atoms. The third-order valence-corrected chi connectivity index (χ3v) is 6.96. The Bertz CT molecular complexity index is 1270. The summed E-state index contributed by atoms with van der Waals surface area (Å²) in [6.07, 6.45) is 2.61. The summed E-state index contributed by atoms with van der Waals surface area (Å²) in [6, 6.07) is 7.20. The smallest absolute Gasteiger partial charge is 0.437 e. The third-order valence-electron chi connectivity index (χ3n) is 6.96. The van der Waals surface area contributed by atoms with Crippen LogP contribution in [0.2, 0.25) is 0 Å². The Balaban J connectivity index is 1.65. The number of rotatable bonds is 3. The summed E-state index contributed by atoms with van der Waals surface area (Å²) in [5, 5.41) is 7.71. The number of Topliss-reactive ketones (excluding diaryl/α,β-unsaturated/α-hetero) is 1. The molecule has 2 aromatic rings. The van der Waals surface area contributed by atoms with Gasteiger partial charge in [0.15, 0.2) is 11.5 Å². The average Bonchev–Trinajstić information content (AvgIpc) is 2.86. The maximum absolute atomic E-state index is 13.7. The number of hydrogen-bond acceptors (Lipinski definition) is 7. The first kappa shape index (κ1) is 25.1. The number of ether oxygens (including phenoxy) is 2. The van der Waals surface area contributed by atoms with Gasteiger partial charge in [-0.2, -0.15) is 5.10 Å². The number of piperidine rings is 1. The summed E-state index contributed by atoms with van der Waals surface area (Å²) in [7, 11) is 1.24. The SMILES string of the molecule is CC#Cc1cc(C)c(C2=C(OC(=O)OC)CC3(CCN(C(=O)c4cccnn4)CC3)CC2=O)c(C)c1. The molecule has 0 bridgehead atoms. The van der Waals surface area contributed by atoms with Crippen LogP contribution in [-0.2, 0) is 14.3 Å². The lowest BCUT2D eigenvalue weighted by Crippen LogP contribution is -2.45. The number of hydrogen-bond donors (Lipinski definition) is 0. The fourth-order valence-corrected chi connectivity index (χ4v) is 5.27. The van der Waals surface area contributed by atoms with Crippen LogP contribution < -0.4 is 0 Å². The zero-order valence-electron chi connectivity index (χ0n) is 21.0.